The van der Waals surface area contributed by atoms with Crippen molar-refractivity contribution in [3.63, 3.8) is 0 Å². The first-order valence-corrected chi connectivity index (χ1v) is 7.01. The van der Waals surface area contributed by atoms with E-state index in [1.165, 1.54) is 0 Å². The minimum absolute atomic E-state index is 0.218. The highest BCUT2D eigenvalue weighted by molar-refractivity contribution is 5.97. The van der Waals surface area contributed by atoms with Crippen molar-refractivity contribution in [3.05, 3.63) is 35.4 Å². The summed E-state index contributed by atoms with van der Waals surface area (Å²) >= 11 is 0. The van der Waals surface area contributed by atoms with E-state index in [2.05, 4.69) is 4.90 Å². The van der Waals surface area contributed by atoms with Crippen LogP contribution in [0.5, 0.6) is 0 Å². The second-order valence-corrected chi connectivity index (χ2v) is 5.83. The fourth-order valence-electron chi connectivity index (χ4n) is 2.54. The Morgan fingerprint density at radius 2 is 1.95 bits per heavy atom. The van der Waals surface area contributed by atoms with Crippen molar-refractivity contribution >= 4 is 5.78 Å². The van der Waals surface area contributed by atoms with Crippen LogP contribution in [0.25, 0.3) is 0 Å². The molecule has 0 bridgehead atoms. The first-order valence-electron chi connectivity index (χ1n) is 7.01. The van der Waals surface area contributed by atoms with Crippen molar-refractivity contribution in [1.82, 2.24) is 4.90 Å². The van der Waals surface area contributed by atoms with Crippen LogP contribution in [0.3, 0.4) is 0 Å². The number of benzene rings is 1. The minimum Gasteiger partial charge on any atom is -0.390 e. The van der Waals surface area contributed by atoms with Crippen molar-refractivity contribution in [2.45, 2.75) is 38.7 Å². The first-order chi connectivity index (χ1) is 8.98. The van der Waals surface area contributed by atoms with Crippen LogP contribution in [0.4, 0.5) is 0 Å². The van der Waals surface area contributed by atoms with Crippen molar-refractivity contribution < 1.29 is 9.90 Å². The van der Waals surface area contributed by atoms with E-state index >= 15 is 0 Å². The molecule has 1 aliphatic heterocycles. The topological polar surface area (TPSA) is 40.5 Å². The smallest absolute Gasteiger partial charge is 0.164 e. The van der Waals surface area contributed by atoms with Crippen LogP contribution in [0, 0.1) is 6.92 Å². The zero-order chi connectivity index (χ0) is 13.9. The highest BCUT2D eigenvalue weighted by atomic mass is 16.3. The van der Waals surface area contributed by atoms with Gasteiger partial charge in [0.15, 0.2) is 5.78 Å². The molecule has 0 aromatic heterocycles. The number of ketones is 1. The van der Waals surface area contributed by atoms with Crippen molar-refractivity contribution in [2.75, 3.05) is 19.6 Å². The normalized spacial score (nSPS) is 19.3. The molecule has 104 valence electrons. The largest absolute Gasteiger partial charge is 0.390 e. The van der Waals surface area contributed by atoms with Gasteiger partial charge >= 0.3 is 0 Å². The van der Waals surface area contributed by atoms with Gasteiger partial charge in [-0.15, -0.1) is 0 Å². The van der Waals surface area contributed by atoms with E-state index in [0.29, 0.717) is 6.42 Å². The molecule has 3 heteroatoms. The molecule has 0 radical (unpaired) electrons. The Hall–Kier alpha value is -1.19. The predicted octanol–water partition coefficient (Wildman–Crippen LogP) is 2.41. The number of carbonyl (C=O) groups is 1. The first kappa shape index (κ1) is 14.2. The Morgan fingerprint density at radius 1 is 1.32 bits per heavy atom. The average molecular weight is 261 g/mol. The Bertz CT molecular complexity index is 444. The maximum absolute atomic E-state index is 12.2. The monoisotopic (exact) mass is 261 g/mol. The van der Waals surface area contributed by atoms with Crippen LogP contribution >= 0.6 is 0 Å². The highest BCUT2D eigenvalue weighted by Crippen LogP contribution is 2.21. The van der Waals surface area contributed by atoms with Crippen molar-refractivity contribution in [1.29, 1.82) is 0 Å². The van der Waals surface area contributed by atoms with E-state index in [-0.39, 0.29) is 5.78 Å². The van der Waals surface area contributed by atoms with Gasteiger partial charge in [0.05, 0.1) is 5.60 Å². The number of likely N-dealkylation sites (tertiary alicyclic amines) is 1. The van der Waals surface area contributed by atoms with Gasteiger partial charge in [0.2, 0.25) is 0 Å². The van der Waals surface area contributed by atoms with Gasteiger partial charge in [0.25, 0.3) is 0 Å². The number of rotatable bonds is 4. The number of piperidine rings is 1. The number of hydrogen-bond acceptors (Lipinski definition) is 3. The molecule has 0 amide bonds. The van der Waals surface area contributed by atoms with Gasteiger partial charge in [-0.2, -0.15) is 0 Å². The van der Waals surface area contributed by atoms with E-state index in [0.717, 1.165) is 43.6 Å². The van der Waals surface area contributed by atoms with Gasteiger partial charge in [-0.05, 0) is 32.3 Å². The molecule has 0 unspecified atom stereocenters. The van der Waals surface area contributed by atoms with Gasteiger partial charge in [-0.3, -0.25) is 4.79 Å². The maximum Gasteiger partial charge on any atom is 0.164 e. The van der Waals surface area contributed by atoms with E-state index < -0.39 is 5.60 Å². The molecule has 0 atom stereocenters. The number of carbonyl (C=O) groups excluding carboxylic acids is 1. The summed E-state index contributed by atoms with van der Waals surface area (Å²) in [6.07, 6.45) is 2.16. The number of nitrogens with zero attached hydrogens (tertiary/aromatic N) is 1. The zero-order valence-electron chi connectivity index (χ0n) is 11.9. The molecular weight excluding hydrogens is 238 g/mol. The van der Waals surface area contributed by atoms with Crippen LogP contribution in [0.1, 0.15) is 42.1 Å². The lowest BCUT2D eigenvalue weighted by molar-refractivity contribution is -0.00506. The van der Waals surface area contributed by atoms with Crippen LogP contribution in [0.2, 0.25) is 0 Å². The van der Waals surface area contributed by atoms with Crippen LogP contribution in [-0.2, 0) is 0 Å². The maximum atomic E-state index is 12.2. The third-order valence-electron chi connectivity index (χ3n) is 4.03. The second-order valence-electron chi connectivity index (χ2n) is 5.83. The van der Waals surface area contributed by atoms with E-state index in [1.54, 1.807) is 0 Å². The fraction of sp³-hybridized carbons (Fsp3) is 0.562. The highest BCUT2D eigenvalue weighted by Gasteiger charge is 2.27. The number of aliphatic hydroxyl groups is 1. The Balaban J connectivity index is 1.83. The molecule has 0 saturated carbocycles. The zero-order valence-corrected chi connectivity index (χ0v) is 11.9. The summed E-state index contributed by atoms with van der Waals surface area (Å²) in [6.45, 7) is 6.43. The summed E-state index contributed by atoms with van der Waals surface area (Å²) < 4.78 is 0. The lowest BCUT2D eigenvalue weighted by Gasteiger charge is -2.35. The van der Waals surface area contributed by atoms with Crippen molar-refractivity contribution in [2.24, 2.45) is 0 Å². The standard InChI is InChI=1S/C16H23NO2/c1-13-5-3-4-6-14(13)15(18)7-10-17-11-8-16(2,19)9-12-17/h3-6,19H,7-12H2,1-2H3. The summed E-state index contributed by atoms with van der Waals surface area (Å²) in [6, 6.07) is 7.75. The molecule has 1 heterocycles. The average Bonchev–Trinajstić information content (AvgIpc) is 2.38. The van der Waals surface area contributed by atoms with Crippen LogP contribution in [-0.4, -0.2) is 41.0 Å². The molecule has 19 heavy (non-hydrogen) atoms. The van der Waals surface area contributed by atoms with E-state index in [9.17, 15) is 9.90 Å². The fourth-order valence-corrected chi connectivity index (χ4v) is 2.54. The number of hydrogen-bond donors (Lipinski definition) is 1. The Kier molecular flexibility index (Phi) is 4.38. The molecule has 1 aliphatic rings. The molecule has 1 saturated heterocycles. The van der Waals surface area contributed by atoms with Gasteiger partial charge in [0, 0.05) is 31.6 Å². The minimum atomic E-state index is -0.517. The molecule has 2 rings (SSSR count). The Morgan fingerprint density at radius 3 is 2.58 bits per heavy atom. The third kappa shape index (κ3) is 3.88. The molecule has 1 fully saturated rings. The number of Topliss-reactive ketones (excluding diaryl/α,β-unsaturated/α-hetero) is 1. The Labute approximate surface area is 115 Å². The third-order valence-corrected chi connectivity index (χ3v) is 4.03. The predicted molar refractivity (Wildman–Crippen MR) is 76.4 cm³/mol. The number of aryl methyl sites for hydroxylation is 1. The molecule has 0 spiro atoms. The summed E-state index contributed by atoms with van der Waals surface area (Å²) in [4.78, 5) is 14.4. The molecule has 1 N–H and O–H groups in total. The molecule has 1 aromatic rings. The lowest BCUT2D eigenvalue weighted by atomic mass is 9.93. The molecule has 3 nitrogen and oxygen atoms in total. The summed E-state index contributed by atoms with van der Waals surface area (Å²) in [5, 5.41) is 9.89. The molecular formula is C16H23NO2. The molecule has 0 aliphatic carbocycles. The summed E-state index contributed by atoms with van der Waals surface area (Å²) in [5.41, 5.74) is 1.37. The van der Waals surface area contributed by atoms with E-state index in [4.69, 9.17) is 0 Å². The van der Waals surface area contributed by atoms with Gasteiger partial charge in [-0.1, -0.05) is 24.3 Å². The lowest BCUT2D eigenvalue weighted by Crippen LogP contribution is -2.43. The van der Waals surface area contributed by atoms with Crippen LogP contribution in [0.15, 0.2) is 24.3 Å². The summed E-state index contributed by atoms with van der Waals surface area (Å²) in [7, 11) is 0. The SMILES string of the molecule is Cc1ccccc1C(=O)CCN1CCC(C)(O)CC1. The van der Waals surface area contributed by atoms with Crippen LogP contribution < -0.4 is 0 Å². The summed E-state index contributed by atoms with van der Waals surface area (Å²) in [5.74, 6) is 0.218. The van der Waals surface area contributed by atoms with Gasteiger partial charge in [0.1, 0.15) is 0 Å². The molecule has 1 aromatic carbocycles. The second kappa shape index (κ2) is 5.85. The quantitative estimate of drug-likeness (QED) is 0.846. The van der Waals surface area contributed by atoms with E-state index in [1.807, 2.05) is 38.1 Å². The van der Waals surface area contributed by atoms with Gasteiger partial charge < -0.3 is 10.0 Å². The van der Waals surface area contributed by atoms with Gasteiger partial charge in [-0.25, -0.2) is 0 Å². The van der Waals surface area contributed by atoms with Crippen molar-refractivity contribution in [3.8, 4) is 0 Å².